The predicted octanol–water partition coefficient (Wildman–Crippen LogP) is 1.01. The van der Waals surface area contributed by atoms with Crippen LogP contribution in [-0.4, -0.2) is 48.5 Å². The maximum absolute atomic E-state index is 9.92. The van der Waals surface area contributed by atoms with Crippen LogP contribution < -0.4 is 0 Å². The number of aliphatic hydroxyl groups is 1. The quantitative estimate of drug-likeness (QED) is 0.720. The van der Waals surface area contributed by atoms with Crippen molar-refractivity contribution in [2.45, 2.75) is 50.3 Å². The molecule has 3 unspecified atom stereocenters. The third-order valence-corrected chi connectivity index (χ3v) is 3.70. The van der Waals surface area contributed by atoms with Crippen molar-refractivity contribution in [3.63, 3.8) is 0 Å². The van der Waals surface area contributed by atoms with Gasteiger partial charge in [-0.2, -0.15) is 0 Å². The molecule has 1 saturated heterocycles. The minimum atomic E-state index is -0.116. The molecule has 0 aromatic carbocycles. The lowest BCUT2D eigenvalue weighted by molar-refractivity contribution is 0.0105. The van der Waals surface area contributed by atoms with E-state index in [0.29, 0.717) is 12.1 Å². The van der Waals surface area contributed by atoms with Gasteiger partial charge < -0.3 is 9.84 Å². The van der Waals surface area contributed by atoms with E-state index >= 15 is 0 Å². The summed E-state index contributed by atoms with van der Waals surface area (Å²) in [6.45, 7) is 1.73. The number of likely N-dealkylation sites (N-methyl/N-ethyl adjacent to an activating group) is 1. The Morgan fingerprint density at radius 2 is 2.00 bits per heavy atom. The number of rotatable bonds is 2. The summed E-state index contributed by atoms with van der Waals surface area (Å²) in [5.74, 6) is 0. The van der Waals surface area contributed by atoms with Gasteiger partial charge in [0.25, 0.3) is 0 Å². The van der Waals surface area contributed by atoms with E-state index in [2.05, 4.69) is 11.9 Å². The molecule has 14 heavy (non-hydrogen) atoms. The van der Waals surface area contributed by atoms with Gasteiger partial charge in [0.15, 0.2) is 0 Å². The number of ether oxygens (including phenoxy) is 1. The van der Waals surface area contributed by atoms with Crippen LogP contribution in [0.2, 0.25) is 0 Å². The van der Waals surface area contributed by atoms with Crippen molar-refractivity contribution < 1.29 is 9.84 Å². The number of aliphatic hydroxyl groups excluding tert-OH is 1. The minimum absolute atomic E-state index is 0.116. The molecule has 0 amide bonds. The van der Waals surface area contributed by atoms with Gasteiger partial charge in [0.2, 0.25) is 0 Å². The zero-order valence-corrected chi connectivity index (χ0v) is 8.98. The summed E-state index contributed by atoms with van der Waals surface area (Å²) in [7, 11) is 2.14. The van der Waals surface area contributed by atoms with Crippen LogP contribution >= 0.6 is 0 Å². The van der Waals surface area contributed by atoms with Crippen LogP contribution in [0.4, 0.5) is 0 Å². The van der Waals surface area contributed by atoms with E-state index in [0.717, 1.165) is 32.5 Å². The van der Waals surface area contributed by atoms with Crippen molar-refractivity contribution in [1.29, 1.82) is 0 Å². The molecule has 0 bridgehead atoms. The lowest BCUT2D eigenvalue weighted by Crippen LogP contribution is -2.48. The maximum atomic E-state index is 9.92. The fourth-order valence-corrected chi connectivity index (χ4v) is 2.68. The number of nitrogens with zero attached hydrogens (tertiary/aromatic N) is 1. The van der Waals surface area contributed by atoms with E-state index in [4.69, 9.17) is 4.74 Å². The lowest BCUT2D eigenvalue weighted by Gasteiger charge is -2.38. The summed E-state index contributed by atoms with van der Waals surface area (Å²) in [5.41, 5.74) is 0. The van der Waals surface area contributed by atoms with Crippen molar-refractivity contribution in [2.75, 3.05) is 20.3 Å². The normalized spacial score (nSPS) is 39.2. The number of hydrogen-bond acceptors (Lipinski definition) is 3. The van der Waals surface area contributed by atoms with Crippen LogP contribution in [0, 0.1) is 0 Å². The van der Waals surface area contributed by atoms with Crippen LogP contribution in [0.1, 0.15) is 32.1 Å². The standard InChI is InChI=1S/C11H21NO2/c1-12(9-6-7-14-8-9)10-4-2-3-5-11(10)13/h9-11,13H,2-8H2,1H3. The Morgan fingerprint density at radius 1 is 1.21 bits per heavy atom. The fraction of sp³-hybridized carbons (Fsp3) is 1.00. The molecule has 1 heterocycles. The summed E-state index contributed by atoms with van der Waals surface area (Å²) in [6.07, 6.45) is 5.58. The average molecular weight is 199 g/mol. The molecule has 2 rings (SSSR count). The first-order chi connectivity index (χ1) is 6.79. The van der Waals surface area contributed by atoms with Crippen molar-refractivity contribution in [3.05, 3.63) is 0 Å². The first kappa shape index (κ1) is 10.4. The smallest absolute Gasteiger partial charge is 0.0695 e. The molecule has 2 aliphatic rings. The molecule has 2 fully saturated rings. The SMILES string of the molecule is CN(C1CCOC1)C1CCCCC1O. The molecule has 3 heteroatoms. The molecular formula is C11H21NO2. The molecule has 0 aromatic rings. The zero-order valence-electron chi connectivity index (χ0n) is 8.98. The summed E-state index contributed by atoms with van der Waals surface area (Å²) < 4.78 is 5.38. The Labute approximate surface area is 86.0 Å². The van der Waals surface area contributed by atoms with Gasteiger partial charge in [0.1, 0.15) is 0 Å². The van der Waals surface area contributed by atoms with E-state index in [1.54, 1.807) is 0 Å². The Bertz CT molecular complexity index is 180. The highest BCUT2D eigenvalue weighted by Crippen LogP contribution is 2.25. The molecule has 1 saturated carbocycles. The van der Waals surface area contributed by atoms with Crippen LogP contribution in [0.5, 0.6) is 0 Å². The predicted molar refractivity (Wildman–Crippen MR) is 55.2 cm³/mol. The molecule has 1 N–H and O–H groups in total. The topological polar surface area (TPSA) is 32.7 Å². The second-order valence-electron chi connectivity index (χ2n) is 4.60. The summed E-state index contributed by atoms with van der Waals surface area (Å²) >= 11 is 0. The van der Waals surface area contributed by atoms with Gasteiger partial charge in [-0.25, -0.2) is 0 Å². The minimum Gasteiger partial charge on any atom is -0.391 e. The summed E-state index contributed by atoms with van der Waals surface area (Å²) in [6, 6.07) is 0.906. The molecule has 0 spiro atoms. The van der Waals surface area contributed by atoms with Crippen molar-refractivity contribution in [2.24, 2.45) is 0 Å². The molecule has 0 radical (unpaired) electrons. The van der Waals surface area contributed by atoms with Crippen LogP contribution in [0.25, 0.3) is 0 Å². The second kappa shape index (κ2) is 4.60. The molecular weight excluding hydrogens is 178 g/mol. The molecule has 0 aromatic heterocycles. The van der Waals surface area contributed by atoms with Gasteiger partial charge in [-0.3, -0.25) is 4.90 Å². The van der Waals surface area contributed by atoms with Gasteiger partial charge in [0.05, 0.1) is 12.7 Å². The number of hydrogen-bond donors (Lipinski definition) is 1. The van der Waals surface area contributed by atoms with Gasteiger partial charge >= 0.3 is 0 Å². The van der Waals surface area contributed by atoms with E-state index in [9.17, 15) is 5.11 Å². The highest BCUT2D eigenvalue weighted by Gasteiger charge is 2.32. The second-order valence-corrected chi connectivity index (χ2v) is 4.60. The van der Waals surface area contributed by atoms with E-state index in [1.807, 2.05) is 0 Å². The summed E-state index contributed by atoms with van der Waals surface area (Å²) in [5, 5.41) is 9.92. The molecule has 1 aliphatic carbocycles. The highest BCUT2D eigenvalue weighted by molar-refractivity contribution is 4.86. The van der Waals surface area contributed by atoms with Crippen molar-refractivity contribution in [3.8, 4) is 0 Å². The molecule has 3 atom stereocenters. The Balaban J connectivity index is 1.91. The largest absolute Gasteiger partial charge is 0.391 e. The molecule has 3 nitrogen and oxygen atoms in total. The third kappa shape index (κ3) is 2.10. The van der Waals surface area contributed by atoms with Gasteiger partial charge in [-0.05, 0) is 26.3 Å². The zero-order chi connectivity index (χ0) is 9.97. The van der Waals surface area contributed by atoms with E-state index < -0.39 is 0 Å². The Morgan fingerprint density at radius 3 is 2.64 bits per heavy atom. The van der Waals surface area contributed by atoms with Crippen LogP contribution in [-0.2, 0) is 4.74 Å². The monoisotopic (exact) mass is 199 g/mol. The third-order valence-electron chi connectivity index (χ3n) is 3.70. The fourth-order valence-electron chi connectivity index (χ4n) is 2.68. The van der Waals surface area contributed by atoms with Gasteiger partial charge in [-0.1, -0.05) is 12.8 Å². The maximum Gasteiger partial charge on any atom is 0.0695 e. The Hall–Kier alpha value is -0.120. The van der Waals surface area contributed by atoms with Gasteiger partial charge in [0, 0.05) is 18.7 Å². The first-order valence-electron chi connectivity index (χ1n) is 5.77. The highest BCUT2D eigenvalue weighted by atomic mass is 16.5. The van der Waals surface area contributed by atoms with Crippen molar-refractivity contribution in [1.82, 2.24) is 4.90 Å². The lowest BCUT2D eigenvalue weighted by atomic mass is 9.91. The molecule has 82 valence electrons. The Kier molecular flexibility index (Phi) is 3.42. The molecule has 1 aliphatic heterocycles. The average Bonchev–Trinajstić information content (AvgIpc) is 2.70. The van der Waals surface area contributed by atoms with E-state index in [1.165, 1.54) is 12.8 Å². The van der Waals surface area contributed by atoms with Crippen molar-refractivity contribution >= 4 is 0 Å². The first-order valence-corrected chi connectivity index (χ1v) is 5.77. The van der Waals surface area contributed by atoms with E-state index in [-0.39, 0.29) is 6.10 Å². The van der Waals surface area contributed by atoms with Crippen LogP contribution in [0.15, 0.2) is 0 Å². The summed E-state index contributed by atoms with van der Waals surface area (Å²) in [4.78, 5) is 2.34. The van der Waals surface area contributed by atoms with Gasteiger partial charge in [-0.15, -0.1) is 0 Å². The van der Waals surface area contributed by atoms with Crippen LogP contribution in [0.3, 0.4) is 0 Å².